The third kappa shape index (κ3) is 2.71. The maximum absolute atomic E-state index is 12.9. The molecule has 2 aromatic carbocycles. The maximum atomic E-state index is 12.9. The summed E-state index contributed by atoms with van der Waals surface area (Å²) < 4.78 is 18.9. The summed E-state index contributed by atoms with van der Waals surface area (Å²) in [6.07, 6.45) is 0.620. The van der Waals surface area contributed by atoms with Crippen molar-refractivity contribution in [2.75, 3.05) is 0 Å². The summed E-state index contributed by atoms with van der Waals surface area (Å²) in [6, 6.07) is 8.89. The fourth-order valence-electron chi connectivity index (χ4n) is 1.40. The first-order valence-electron chi connectivity index (χ1n) is 4.98. The normalized spacial score (nSPS) is 10.2. The van der Waals surface area contributed by atoms with Gasteiger partial charge < -0.3 is 4.74 Å². The van der Waals surface area contributed by atoms with E-state index in [1.807, 2.05) is 0 Å². The fraction of sp³-hybridized carbons (Fsp3) is 0. The van der Waals surface area contributed by atoms with Crippen LogP contribution in [-0.4, -0.2) is 6.29 Å². The van der Waals surface area contributed by atoms with Gasteiger partial charge in [-0.2, -0.15) is 0 Å². The highest BCUT2D eigenvalue weighted by molar-refractivity contribution is 9.10. The minimum absolute atomic E-state index is 0.260. The molecule has 5 heteroatoms. The molecule has 0 fully saturated rings. The Morgan fingerprint density at radius 3 is 2.67 bits per heavy atom. The van der Waals surface area contributed by atoms with Crippen LogP contribution in [0.25, 0.3) is 0 Å². The SMILES string of the molecule is O=Cc1c(Cl)cccc1Oc1ccc(F)cc1Br. The smallest absolute Gasteiger partial charge is 0.155 e. The van der Waals surface area contributed by atoms with Crippen molar-refractivity contribution >= 4 is 33.8 Å². The van der Waals surface area contributed by atoms with Gasteiger partial charge >= 0.3 is 0 Å². The minimum Gasteiger partial charge on any atom is -0.455 e. The largest absolute Gasteiger partial charge is 0.455 e. The van der Waals surface area contributed by atoms with Crippen molar-refractivity contribution in [1.29, 1.82) is 0 Å². The van der Waals surface area contributed by atoms with Gasteiger partial charge in [-0.3, -0.25) is 4.79 Å². The lowest BCUT2D eigenvalue weighted by atomic mass is 10.2. The lowest BCUT2D eigenvalue weighted by molar-refractivity contribution is 0.112. The highest BCUT2D eigenvalue weighted by Gasteiger charge is 2.10. The molecule has 0 N–H and O–H groups in total. The van der Waals surface area contributed by atoms with Crippen LogP contribution in [0.15, 0.2) is 40.9 Å². The molecule has 0 amide bonds. The molecule has 2 rings (SSSR count). The molecule has 0 aromatic heterocycles. The van der Waals surface area contributed by atoms with Crippen LogP contribution >= 0.6 is 27.5 Å². The summed E-state index contributed by atoms with van der Waals surface area (Å²) in [5, 5.41) is 0.306. The van der Waals surface area contributed by atoms with Crippen LogP contribution in [0.4, 0.5) is 4.39 Å². The number of ether oxygens (including phenoxy) is 1. The van der Waals surface area contributed by atoms with Crippen LogP contribution < -0.4 is 4.74 Å². The molecule has 92 valence electrons. The molecule has 0 saturated heterocycles. The molecule has 0 heterocycles. The number of rotatable bonds is 3. The number of aldehydes is 1. The van der Waals surface area contributed by atoms with Crippen LogP contribution in [0.3, 0.4) is 0 Å². The van der Waals surface area contributed by atoms with Crippen molar-refractivity contribution in [2.45, 2.75) is 0 Å². The van der Waals surface area contributed by atoms with Gasteiger partial charge in [0.25, 0.3) is 0 Å². The summed E-state index contributed by atoms with van der Waals surface area (Å²) in [7, 11) is 0. The van der Waals surface area contributed by atoms with Crippen LogP contribution in [0.2, 0.25) is 5.02 Å². The second-order valence-electron chi connectivity index (χ2n) is 3.45. The molecule has 0 aliphatic heterocycles. The molecule has 0 saturated carbocycles. The molecule has 0 unspecified atom stereocenters. The summed E-state index contributed by atoms with van der Waals surface area (Å²) in [6.45, 7) is 0. The van der Waals surface area contributed by atoms with E-state index >= 15 is 0 Å². The van der Waals surface area contributed by atoms with E-state index < -0.39 is 0 Å². The first-order chi connectivity index (χ1) is 8.61. The fourth-order valence-corrected chi connectivity index (χ4v) is 2.04. The highest BCUT2D eigenvalue weighted by Crippen LogP contribution is 2.33. The third-order valence-corrected chi connectivity index (χ3v) is 3.19. The standard InChI is InChI=1S/C13H7BrClFO2/c14-10-6-8(16)4-5-13(10)18-12-3-1-2-11(15)9(12)7-17/h1-7H. The highest BCUT2D eigenvalue weighted by atomic mass is 79.9. The Balaban J connectivity index is 2.40. The van der Waals surface area contributed by atoms with Crippen molar-refractivity contribution < 1.29 is 13.9 Å². The predicted octanol–water partition coefficient (Wildman–Crippen LogP) is 4.85. The van der Waals surface area contributed by atoms with E-state index in [-0.39, 0.29) is 11.4 Å². The lowest BCUT2D eigenvalue weighted by Crippen LogP contribution is -1.92. The first kappa shape index (κ1) is 13.1. The quantitative estimate of drug-likeness (QED) is 0.753. The average molecular weight is 330 g/mol. The van der Waals surface area contributed by atoms with Gasteiger partial charge in [-0.15, -0.1) is 0 Å². The van der Waals surface area contributed by atoms with Gasteiger partial charge in [0.15, 0.2) is 6.29 Å². The molecule has 2 aromatic rings. The van der Waals surface area contributed by atoms with Crippen LogP contribution in [0.5, 0.6) is 11.5 Å². The number of halogens is 3. The monoisotopic (exact) mass is 328 g/mol. The van der Waals surface area contributed by atoms with Crippen LogP contribution in [0, 0.1) is 5.82 Å². The van der Waals surface area contributed by atoms with E-state index in [0.717, 1.165) is 0 Å². The van der Waals surface area contributed by atoms with E-state index in [2.05, 4.69) is 15.9 Å². The second-order valence-corrected chi connectivity index (χ2v) is 4.71. The molecule has 0 radical (unpaired) electrons. The zero-order valence-electron chi connectivity index (χ0n) is 8.99. The predicted molar refractivity (Wildman–Crippen MR) is 71.0 cm³/mol. The van der Waals surface area contributed by atoms with Crippen molar-refractivity contribution in [3.63, 3.8) is 0 Å². The molecule has 0 spiro atoms. The number of carbonyl (C=O) groups excluding carboxylic acids is 1. The van der Waals surface area contributed by atoms with E-state index in [0.29, 0.717) is 27.3 Å². The van der Waals surface area contributed by atoms with Gasteiger partial charge in [0.05, 0.1) is 15.1 Å². The number of carbonyl (C=O) groups is 1. The van der Waals surface area contributed by atoms with Crippen molar-refractivity contribution in [2.24, 2.45) is 0 Å². The van der Waals surface area contributed by atoms with Gasteiger partial charge in [-0.25, -0.2) is 4.39 Å². The molecule has 0 atom stereocenters. The summed E-state index contributed by atoms with van der Waals surface area (Å²) in [5.74, 6) is 0.350. The van der Waals surface area contributed by atoms with Gasteiger partial charge in [0.2, 0.25) is 0 Å². The summed E-state index contributed by atoms with van der Waals surface area (Å²) in [4.78, 5) is 10.9. The molecule has 0 bridgehead atoms. The summed E-state index contributed by atoms with van der Waals surface area (Å²) >= 11 is 9.06. The Labute approximate surface area is 116 Å². The van der Waals surface area contributed by atoms with Gasteiger partial charge in [-0.1, -0.05) is 17.7 Å². The second kappa shape index (κ2) is 5.50. The van der Waals surface area contributed by atoms with Crippen LogP contribution in [0.1, 0.15) is 10.4 Å². The molecule has 0 aliphatic rings. The van der Waals surface area contributed by atoms with Crippen molar-refractivity contribution in [3.8, 4) is 11.5 Å². The average Bonchev–Trinajstić information content (AvgIpc) is 2.33. The van der Waals surface area contributed by atoms with Gasteiger partial charge in [0.1, 0.15) is 17.3 Å². The Hall–Kier alpha value is -1.39. The van der Waals surface area contributed by atoms with Gasteiger partial charge in [0, 0.05) is 0 Å². The van der Waals surface area contributed by atoms with E-state index in [4.69, 9.17) is 16.3 Å². The molecule has 18 heavy (non-hydrogen) atoms. The van der Waals surface area contributed by atoms with Crippen molar-refractivity contribution in [1.82, 2.24) is 0 Å². The number of hydrogen-bond donors (Lipinski definition) is 0. The molecule has 2 nitrogen and oxygen atoms in total. The Bertz CT molecular complexity index is 602. The number of hydrogen-bond acceptors (Lipinski definition) is 2. The van der Waals surface area contributed by atoms with Crippen molar-refractivity contribution in [3.05, 3.63) is 57.3 Å². The zero-order valence-corrected chi connectivity index (χ0v) is 11.3. The van der Waals surface area contributed by atoms with Crippen LogP contribution in [-0.2, 0) is 0 Å². The Kier molecular flexibility index (Phi) is 3.99. The minimum atomic E-state index is -0.379. The van der Waals surface area contributed by atoms with Gasteiger partial charge in [-0.05, 0) is 46.3 Å². The lowest BCUT2D eigenvalue weighted by Gasteiger charge is -2.10. The first-order valence-corrected chi connectivity index (χ1v) is 6.15. The maximum Gasteiger partial charge on any atom is 0.155 e. The topological polar surface area (TPSA) is 26.3 Å². The summed E-state index contributed by atoms with van der Waals surface area (Å²) in [5.41, 5.74) is 0.260. The molecule has 0 aliphatic carbocycles. The number of benzene rings is 2. The van der Waals surface area contributed by atoms with E-state index in [1.54, 1.807) is 18.2 Å². The van der Waals surface area contributed by atoms with E-state index in [9.17, 15) is 9.18 Å². The molecular weight excluding hydrogens is 322 g/mol. The molecular formula is C13H7BrClFO2. The zero-order chi connectivity index (χ0) is 13.1. The third-order valence-electron chi connectivity index (χ3n) is 2.24. The van der Waals surface area contributed by atoms with E-state index in [1.165, 1.54) is 18.2 Å². The Morgan fingerprint density at radius 1 is 1.22 bits per heavy atom. The Morgan fingerprint density at radius 2 is 2.00 bits per heavy atom.